The number of benzene rings is 1. The lowest BCUT2D eigenvalue weighted by molar-refractivity contribution is -0.124. The third kappa shape index (κ3) is 4.74. The summed E-state index contributed by atoms with van der Waals surface area (Å²) in [5, 5.41) is 25.1. The highest BCUT2D eigenvalue weighted by Crippen LogP contribution is 2.27. The summed E-state index contributed by atoms with van der Waals surface area (Å²) in [5.74, 6) is -0.0759. The van der Waals surface area contributed by atoms with Gasteiger partial charge in [-0.05, 0) is 40.7 Å². The minimum Gasteiger partial charge on any atom is -0.508 e. The molecule has 0 bridgehead atoms. The molecular weight excluding hydrogens is 256 g/mol. The first-order valence-corrected chi connectivity index (χ1v) is 6.70. The van der Waals surface area contributed by atoms with E-state index >= 15 is 0 Å². The van der Waals surface area contributed by atoms with Crippen molar-refractivity contribution in [3.8, 4) is 11.5 Å². The SMILES string of the molecule is CC(NC(C)c1ccc(O)cc1O)C(=O)NC(C)(C)C. The predicted octanol–water partition coefficient (Wildman–Crippen LogP) is 2.05. The van der Waals surface area contributed by atoms with Gasteiger partial charge in [-0.1, -0.05) is 6.07 Å². The fraction of sp³-hybridized carbons (Fsp3) is 0.533. The van der Waals surface area contributed by atoms with Crippen molar-refractivity contribution in [2.24, 2.45) is 0 Å². The lowest BCUT2D eigenvalue weighted by Crippen LogP contribution is -2.49. The molecule has 0 aliphatic rings. The largest absolute Gasteiger partial charge is 0.508 e. The molecule has 2 atom stereocenters. The van der Waals surface area contributed by atoms with Crippen LogP contribution >= 0.6 is 0 Å². The Morgan fingerprint density at radius 1 is 1.20 bits per heavy atom. The number of rotatable bonds is 4. The van der Waals surface area contributed by atoms with Gasteiger partial charge < -0.3 is 15.5 Å². The number of amides is 1. The van der Waals surface area contributed by atoms with Crippen molar-refractivity contribution in [3.05, 3.63) is 23.8 Å². The number of hydrogen-bond acceptors (Lipinski definition) is 4. The first kappa shape index (κ1) is 16.3. The molecular formula is C15H24N2O3. The molecule has 1 aromatic rings. The summed E-state index contributed by atoms with van der Waals surface area (Å²) in [5.41, 5.74) is 0.356. The molecule has 0 radical (unpaired) electrons. The van der Waals surface area contributed by atoms with Gasteiger partial charge in [0.05, 0.1) is 6.04 Å². The van der Waals surface area contributed by atoms with Gasteiger partial charge in [-0.15, -0.1) is 0 Å². The highest BCUT2D eigenvalue weighted by atomic mass is 16.3. The van der Waals surface area contributed by atoms with E-state index in [1.54, 1.807) is 13.0 Å². The topological polar surface area (TPSA) is 81.6 Å². The summed E-state index contributed by atoms with van der Waals surface area (Å²) >= 11 is 0. The second-order valence-electron chi connectivity index (χ2n) is 6.09. The number of carbonyl (C=O) groups is 1. The molecule has 0 aliphatic carbocycles. The van der Waals surface area contributed by atoms with E-state index in [0.29, 0.717) is 5.56 Å². The summed E-state index contributed by atoms with van der Waals surface area (Å²) < 4.78 is 0. The molecule has 1 amide bonds. The van der Waals surface area contributed by atoms with Gasteiger partial charge in [0.15, 0.2) is 0 Å². The molecule has 0 heterocycles. The van der Waals surface area contributed by atoms with Crippen LogP contribution in [0.4, 0.5) is 0 Å². The Labute approximate surface area is 120 Å². The zero-order valence-corrected chi connectivity index (χ0v) is 12.7. The number of phenolic OH excluding ortho intramolecular Hbond substituents is 2. The Balaban J connectivity index is 2.70. The summed E-state index contributed by atoms with van der Waals surface area (Å²) in [7, 11) is 0. The van der Waals surface area contributed by atoms with Gasteiger partial charge in [0.1, 0.15) is 11.5 Å². The standard InChI is InChI=1S/C15H24N2O3/c1-9(12-7-6-11(18)8-13(12)19)16-10(2)14(20)17-15(3,4)5/h6-10,16,18-19H,1-5H3,(H,17,20). The van der Waals surface area contributed by atoms with Crippen molar-refractivity contribution < 1.29 is 15.0 Å². The van der Waals surface area contributed by atoms with Crippen molar-refractivity contribution in [1.82, 2.24) is 10.6 Å². The number of aromatic hydroxyl groups is 2. The van der Waals surface area contributed by atoms with E-state index in [9.17, 15) is 15.0 Å². The Morgan fingerprint density at radius 3 is 2.30 bits per heavy atom. The van der Waals surface area contributed by atoms with Crippen LogP contribution in [0.15, 0.2) is 18.2 Å². The molecule has 4 N–H and O–H groups in total. The van der Waals surface area contributed by atoms with Gasteiger partial charge in [-0.3, -0.25) is 10.1 Å². The van der Waals surface area contributed by atoms with Crippen LogP contribution in [0.3, 0.4) is 0 Å². The van der Waals surface area contributed by atoms with Gasteiger partial charge in [-0.2, -0.15) is 0 Å². The Hall–Kier alpha value is -1.75. The second kappa shape index (κ2) is 6.13. The number of nitrogens with one attached hydrogen (secondary N) is 2. The predicted molar refractivity (Wildman–Crippen MR) is 78.7 cm³/mol. The van der Waals surface area contributed by atoms with Crippen molar-refractivity contribution in [2.45, 2.75) is 52.2 Å². The molecule has 20 heavy (non-hydrogen) atoms. The van der Waals surface area contributed by atoms with Gasteiger partial charge in [-0.25, -0.2) is 0 Å². The van der Waals surface area contributed by atoms with Gasteiger partial charge in [0.2, 0.25) is 5.91 Å². The average molecular weight is 280 g/mol. The summed E-state index contributed by atoms with van der Waals surface area (Å²) in [6.07, 6.45) is 0. The van der Waals surface area contributed by atoms with Crippen LogP contribution in [0.1, 0.15) is 46.2 Å². The van der Waals surface area contributed by atoms with E-state index < -0.39 is 6.04 Å². The molecule has 1 aromatic carbocycles. The third-order valence-electron chi connectivity index (χ3n) is 2.87. The van der Waals surface area contributed by atoms with E-state index in [-0.39, 0.29) is 29.0 Å². The molecule has 0 aromatic heterocycles. The maximum Gasteiger partial charge on any atom is 0.237 e. The van der Waals surface area contributed by atoms with E-state index in [2.05, 4.69) is 10.6 Å². The highest BCUT2D eigenvalue weighted by Gasteiger charge is 2.21. The summed E-state index contributed by atoms with van der Waals surface area (Å²) in [4.78, 5) is 12.0. The quantitative estimate of drug-likeness (QED) is 0.680. The molecule has 1 rings (SSSR count). The third-order valence-corrected chi connectivity index (χ3v) is 2.87. The molecule has 0 saturated heterocycles. The number of hydrogen-bond donors (Lipinski definition) is 4. The van der Waals surface area contributed by atoms with Gasteiger partial charge in [0.25, 0.3) is 0 Å². The van der Waals surface area contributed by atoms with Crippen molar-refractivity contribution >= 4 is 5.91 Å². The highest BCUT2D eigenvalue weighted by molar-refractivity contribution is 5.82. The minimum atomic E-state index is -0.391. The van der Waals surface area contributed by atoms with Crippen LogP contribution in [-0.4, -0.2) is 27.7 Å². The Morgan fingerprint density at radius 2 is 1.80 bits per heavy atom. The van der Waals surface area contributed by atoms with Crippen molar-refractivity contribution in [2.75, 3.05) is 0 Å². The maximum atomic E-state index is 12.0. The second-order valence-corrected chi connectivity index (χ2v) is 6.09. The average Bonchev–Trinajstić information content (AvgIpc) is 2.26. The fourth-order valence-corrected chi connectivity index (χ4v) is 1.92. The van der Waals surface area contributed by atoms with Gasteiger partial charge >= 0.3 is 0 Å². The van der Waals surface area contributed by atoms with E-state index in [4.69, 9.17) is 0 Å². The smallest absolute Gasteiger partial charge is 0.237 e. The summed E-state index contributed by atoms with van der Waals surface area (Å²) in [6.45, 7) is 9.40. The maximum absolute atomic E-state index is 12.0. The zero-order chi connectivity index (χ0) is 15.5. The van der Waals surface area contributed by atoms with Crippen LogP contribution in [0.2, 0.25) is 0 Å². The fourth-order valence-electron chi connectivity index (χ4n) is 1.92. The molecule has 0 fully saturated rings. The van der Waals surface area contributed by atoms with Crippen molar-refractivity contribution in [1.29, 1.82) is 0 Å². The van der Waals surface area contributed by atoms with E-state index in [1.165, 1.54) is 12.1 Å². The lowest BCUT2D eigenvalue weighted by atomic mass is 10.1. The molecule has 112 valence electrons. The zero-order valence-electron chi connectivity index (χ0n) is 12.7. The van der Waals surface area contributed by atoms with E-state index in [1.807, 2.05) is 27.7 Å². The lowest BCUT2D eigenvalue weighted by Gasteiger charge is -2.26. The minimum absolute atomic E-state index is 0.00781. The summed E-state index contributed by atoms with van der Waals surface area (Å²) in [6, 6.07) is 3.82. The van der Waals surface area contributed by atoms with Crippen LogP contribution in [0, 0.1) is 0 Å². The molecule has 0 saturated carbocycles. The number of carbonyl (C=O) groups excluding carboxylic acids is 1. The number of phenols is 2. The monoisotopic (exact) mass is 280 g/mol. The molecule has 0 spiro atoms. The molecule has 2 unspecified atom stereocenters. The molecule has 0 aliphatic heterocycles. The van der Waals surface area contributed by atoms with Crippen LogP contribution in [0.5, 0.6) is 11.5 Å². The van der Waals surface area contributed by atoms with Crippen molar-refractivity contribution in [3.63, 3.8) is 0 Å². The Bertz CT molecular complexity index is 480. The van der Waals surface area contributed by atoms with Crippen LogP contribution in [-0.2, 0) is 4.79 Å². The van der Waals surface area contributed by atoms with E-state index in [0.717, 1.165) is 0 Å². The molecule has 5 heteroatoms. The first-order valence-electron chi connectivity index (χ1n) is 6.70. The first-order chi connectivity index (χ1) is 9.10. The van der Waals surface area contributed by atoms with Crippen LogP contribution in [0.25, 0.3) is 0 Å². The molecule has 5 nitrogen and oxygen atoms in total. The normalized spacial score (nSPS) is 14.7. The Kier molecular flexibility index (Phi) is 5.00. The van der Waals surface area contributed by atoms with Crippen LogP contribution < -0.4 is 10.6 Å². The van der Waals surface area contributed by atoms with Gasteiger partial charge in [0, 0.05) is 23.2 Å².